The minimum atomic E-state index is -0.725. The third-order valence-electron chi connectivity index (χ3n) is 3.73. The fourth-order valence-corrected chi connectivity index (χ4v) is 2.80. The Kier molecular flexibility index (Phi) is 1.74. The number of carbonyl (C=O) groups is 1. The van der Waals surface area contributed by atoms with E-state index in [0.717, 1.165) is 17.3 Å². The van der Waals surface area contributed by atoms with Crippen LogP contribution in [0.1, 0.15) is 19.3 Å². The molecule has 2 rings (SSSR count). The smallest absolute Gasteiger partial charge is 0.337 e. The summed E-state index contributed by atoms with van der Waals surface area (Å²) in [5, 5.41) is 9.01. The number of quaternary nitrogens is 1. The molecule has 3 nitrogen and oxygen atoms in total. The molecule has 13 heavy (non-hydrogen) atoms. The lowest BCUT2D eigenvalue weighted by atomic mass is 10.00. The maximum Gasteiger partial charge on any atom is 0.337 e. The van der Waals surface area contributed by atoms with Gasteiger partial charge in [0.25, 0.3) is 0 Å². The highest BCUT2D eigenvalue weighted by atomic mass is 16.4. The van der Waals surface area contributed by atoms with Crippen LogP contribution in [0.3, 0.4) is 0 Å². The number of fused-ring (bicyclic) bond motifs is 2. The Morgan fingerprint density at radius 1 is 1.54 bits per heavy atom. The van der Waals surface area contributed by atoms with Gasteiger partial charge >= 0.3 is 5.97 Å². The van der Waals surface area contributed by atoms with Crippen molar-refractivity contribution in [3.05, 3.63) is 11.6 Å². The minimum absolute atomic E-state index is 0.233. The van der Waals surface area contributed by atoms with Gasteiger partial charge in [-0.25, -0.2) is 4.79 Å². The number of likely N-dealkylation sites (N-methyl/N-ethyl adjacent to an activating group) is 1. The second-order valence-electron chi connectivity index (χ2n) is 4.58. The summed E-state index contributed by atoms with van der Waals surface area (Å²) < 4.78 is 0.873. The van der Waals surface area contributed by atoms with Gasteiger partial charge in [0.15, 0.2) is 0 Å². The second kappa shape index (κ2) is 2.58. The van der Waals surface area contributed by atoms with Crippen molar-refractivity contribution >= 4 is 5.97 Å². The molecule has 0 spiro atoms. The molecule has 0 aromatic rings. The first kappa shape index (κ1) is 8.75. The zero-order valence-electron chi connectivity index (χ0n) is 8.16. The van der Waals surface area contributed by atoms with Gasteiger partial charge in [0.2, 0.25) is 0 Å². The lowest BCUT2D eigenvalue weighted by Crippen LogP contribution is -2.53. The molecule has 0 radical (unpaired) electrons. The van der Waals surface area contributed by atoms with Crippen LogP contribution in [0.25, 0.3) is 0 Å². The number of hydrogen-bond acceptors (Lipinski definition) is 1. The van der Waals surface area contributed by atoms with Crippen LogP contribution in [0.5, 0.6) is 0 Å². The van der Waals surface area contributed by atoms with E-state index in [4.69, 9.17) is 5.11 Å². The molecule has 2 heterocycles. The second-order valence-corrected chi connectivity index (χ2v) is 4.58. The Morgan fingerprint density at radius 3 is 2.85 bits per heavy atom. The van der Waals surface area contributed by atoms with Crippen molar-refractivity contribution in [3.8, 4) is 0 Å². The van der Waals surface area contributed by atoms with Crippen molar-refractivity contribution in [2.24, 2.45) is 0 Å². The third-order valence-corrected chi connectivity index (χ3v) is 3.73. The number of hydrogen-bond donors (Lipinski definition) is 1. The molecule has 0 saturated carbocycles. The Bertz CT molecular complexity index is 281. The van der Waals surface area contributed by atoms with E-state index >= 15 is 0 Å². The molecule has 0 aromatic heterocycles. The maximum atomic E-state index is 11.0. The average molecular weight is 182 g/mol. The minimum Gasteiger partial charge on any atom is -0.478 e. The van der Waals surface area contributed by atoms with Crippen LogP contribution in [0.2, 0.25) is 0 Å². The Hall–Kier alpha value is -0.830. The quantitative estimate of drug-likeness (QED) is 0.614. The first-order valence-electron chi connectivity index (χ1n) is 4.80. The Labute approximate surface area is 78.2 Å². The molecule has 0 amide bonds. The van der Waals surface area contributed by atoms with E-state index in [9.17, 15) is 4.79 Å². The standard InChI is InChI=1S/C10H15NO2/c1-11(2)7-3-5-8(10(12)13)9(11)6-4-7/h5,7,9H,3-4,6H2,1-2H3/p+1. The highest BCUT2D eigenvalue weighted by Gasteiger charge is 2.48. The molecule has 0 aromatic carbocycles. The van der Waals surface area contributed by atoms with Gasteiger partial charge in [-0.05, 0) is 0 Å². The number of carboxylic acid groups (broad SMARTS) is 1. The first-order valence-corrected chi connectivity index (χ1v) is 4.80. The summed E-state index contributed by atoms with van der Waals surface area (Å²) in [6, 6.07) is 0.879. The summed E-state index contributed by atoms with van der Waals surface area (Å²) in [5.41, 5.74) is 0.638. The molecule has 2 atom stereocenters. The Morgan fingerprint density at radius 2 is 2.23 bits per heavy atom. The predicted octanol–water partition coefficient (Wildman–Crippen LogP) is 1.01. The molecule has 2 aliphatic heterocycles. The van der Waals surface area contributed by atoms with E-state index in [2.05, 4.69) is 14.1 Å². The fourth-order valence-electron chi connectivity index (χ4n) is 2.80. The zero-order valence-corrected chi connectivity index (χ0v) is 8.16. The number of carboxylic acids is 1. The van der Waals surface area contributed by atoms with Crippen LogP contribution in [0, 0.1) is 0 Å². The van der Waals surface area contributed by atoms with E-state index in [-0.39, 0.29) is 6.04 Å². The fraction of sp³-hybridized carbons (Fsp3) is 0.700. The molecule has 72 valence electrons. The largest absolute Gasteiger partial charge is 0.478 e. The lowest BCUT2D eigenvalue weighted by Gasteiger charge is -2.40. The summed E-state index contributed by atoms with van der Waals surface area (Å²) in [6.07, 6.45) is 5.07. The van der Waals surface area contributed by atoms with E-state index in [0.29, 0.717) is 11.6 Å². The van der Waals surface area contributed by atoms with Gasteiger partial charge in [-0.2, -0.15) is 0 Å². The summed E-state index contributed by atoms with van der Waals surface area (Å²) in [6.45, 7) is 0. The SMILES string of the molecule is C[N+]1(C)C2CC=C(C(=O)O)C1CC2. The number of nitrogens with zero attached hydrogens (tertiary/aromatic N) is 1. The zero-order chi connectivity index (χ0) is 9.64. The number of rotatable bonds is 1. The van der Waals surface area contributed by atoms with Crippen LogP contribution in [0.15, 0.2) is 11.6 Å². The molecule has 3 heteroatoms. The number of aliphatic carboxylic acids is 1. The van der Waals surface area contributed by atoms with Gasteiger partial charge in [0.1, 0.15) is 6.04 Å². The first-order chi connectivity index (χ1) is 6.03. The van der Waals surface area contributed by atoms with Gasteiger partial charge in [0, 0.05) is 19.3 Å². The molecule has 1 saturated heterocycles. The normalized spacial score (nSPS) is 35.7. The molecular formula is C10H16NO2+. The molecule has 0 aliphatic carbocycles. The highest BCUT2D eigenvalue weighted by Crippen LogP contribution is 2.39. The summed E-state index contributed by atoms with van der Waals surface area (Å²) >= 11 is 0. The van der Waals surface area contributed by atoms with Crippen molar-refractivity contribution < 1.29 is 14.4 Å². The molecule has 1 fully saturated rings. The van der Waals surface area contributed by atoms with E-state index in [1.807, 2.05) is 6.08 Å². The van der Waals surface area contributed by atoms with E-state index < -0.39 is 5.97 Å². The average Bonchev–Trinajstić information content (AvgIpc) is 2.27. The van der Waals surface area contributed by atoms with Crippen molar-refractivity contribution in [3.63, 3.8) is 0 Å². The molecular weight excluding hydrogens is 166 g/mol. The summed E-state index contributed by atoms with van der Waals surface area (Å²) in [7, 11) is 4.30. The lowest BCUT2D eigenvalue weighted by molar-refractivity contribution is -0.921. The van der Waals surface area contributed by atoms with Crippen LogP contribution < -0.4 is 0 Å². The van der Waals surface area contributed by atoms with Crippen LogP contribution >= 0.6 is 0 Å². The van der Waals surface area contributed by atoms with Crippen molar-refractivity contribution in [1.29, 1.82) is 0 Å². The molecule has 2 unspecified atom stereocenters. The topological polar surface area (TPSA) is 37.3 Å². The van der Waals surface area contributed by atoms with Crippen LogP contribution in [-0.4, -0.2) is 41.7 Å². The van der Waals surface area contributed by atoms with E-state index in [1.165, 1.54) is 6.42 Å². The molecule has 2 aliphatic rings. The van der Waals surface area contributed by atoms with Crippen molar-refractivity contribution in [2.45, 2.75) is 31.3 Å². The van der Waals surface area contributed by atoms with Gasteiger partial charge in [-0.15, -0.1) is 0 Å². The third kappa shape index (κ3) is 1.10. The van der Waals surface area contributed by atoms with Gasteiger partial charge in [-0.1, -0.05) is 6.08 Å². The van der Waals surface area contributed by atoms with E-state index in [1.54, 1.807) is 0 Å². The van der Waals surface area contributed by atoms with Gasteiger partial charge in [-0.3, -0.25) is 0 Å². The molecule has 1 N–H and O–H groups in total. The van der Waals surface area contributed by atoms with Crippen LogP contribution in [-0.2, 0) is 4.79 Å². The summed E-state index contributed by atoms with van der Waals surface area (Å²) in [5.74, 6) is -0.725. The van der Waals surface area contributed by atoms with Gasteiger partial charge < -0.3 is 9.59 Å². The highest BCUT2D eigenvalue weighted by molar-refractivity contribution is 5.88. The predicted molar refractivity (Wildman–Crippen MR) is 49.3 cm³/mol. The maximum absolute atomic E-state index is 11.0. The van der Waals surface area contributed by atoms with Crippen molar-refractivity contribution in [2.75, 3.05) is 14.1 Å². The van der Waals surface area contributed by atoms with Crippen molar-refractivity contribution in [1.82, 2.24) is 0 Å². The monoisotopic (exact) mass is 182 g/mol. The van der Waals surface area contributed by atoms with Crippen LogP contribution in [0.4, 0.5) is 0 Å². The summed E-state index contributed by atoms with van der Waals surface area (Å²) in [4.78, 5) is 11.0. The Balaban J connectivity index is 2.36. The molecule has 2 bridgehead atoms. The van der Waals surface area contributed by atoms with Gasteiger partial charge in [0.05, 0.1) is 25.7 Å².